The van der Waals surface area contributed by atoms with Crippen LogP contribution in [0.15, 0.2) is 12.1 Å². The van der Waals surface area contributed by atoms with Crippen molar-refractivity contribution in [3.05, 3.63) is 23.5 Å². The molecule has 17 heavy (non-hydrogen) atoms. The molecule has 1 heterocycles. The number of hydrogen-bond acceptors (Lipinski definition) is 5. The van der Waals surface area contributed by atoms with E-state index in [2.05, 4.69) is 9.82 Å². The maximum Gasteiger partial charge on any atom is 0.123 e. The third-order valence-electron chi connectivity index (χ3n) is 2.16. The van der Waals surface area contributed by atoms with Gasteiger partial charge in [0.05, 0.1) is 31.2 Å². The number of nitrogens with zero attached hydrogens (tertiary/aromatic N) is 1. The molecule has 6 heteroatoms. The lowest BCUT2D eigenvalue weighted by Crippen LogP contribution is -2.05. The van der Waals surface area contributed by atoms with E-state index in [9.17, 15) is 0 Å². The molecule has 5 nitrogen and oxygen atoms in total. The van der Waals surface area contributed by atoms with Crippen molar-refractivity contribution in [1.82, 2.24) is 9.82 Å². The van der Waals surface area contributed by atoms with Crippen molar-refractivity contribution >= 4 is 11.8 Å². The molecule has 0 saturated heterocycles. The van der Waals surface area contributed by atoms with Crippen molar-refractivity contribution in [2.75, 3.05) is 13.2 Å². The van der Waals surface area contributed by atoms with Crippen molar-refractivity contribution in [2.24, 2.45) is 0 Å². The normalized spacial score (nSPS) is 10.5. The number of unbranched alkanes of at least 4 members (excludes halogenated alkanes) is 1. The number of aliphatic hydroxyl groups is 2. The Morgan fingerprint density at radius 1 is 1.18 bits per heavy atom. The third kappa shape index (κ3) is 5.32. The highest BCUT2D eigenvalue weighted by Crippen LogP contribution is 2.15. The fraction of sp³-hybridized carbons (Fsp3) is 0.545. The Balaban J connectivity index is 2.46. The van der Waals surface area contributed by atoms with E-state index in [-0.39, 0.29) is 13.2 Å². The molecule has 96 valence electrons. The first-order chi connectivity index (χ1) is 8.30. The van der Waals surface area contributed by atoms with E-state index in [0.717, 1.165) is 19.4 Å². The molecule has 0 aliphatic heterocycles. The highest BCUT2D eigenvalue weighted by Gasteiger charge is 2.02. The molecular weight excluding hydrogens is 244 g/mol. The van der Waals surface area contributed by atoms with Gasteiger partial charge in [-0.1, -0.05) is 0 Å². The molecule has 0 amide bonds. The second-order valence-corrected chi connectivity index (χ2v) is 3.81. The van der Waals surface area contributed by atoms with Gasteiger partial charge in [0.15, 0.2) is 0 Å². The van der Waals surface area contributed by atoms with E-state index in [4.69, 9.17) is 26.7 Å². The van der Waals surface area contributed by atoms with Crippen LogP contribution in [-0.2, 0) is 13.2 Å². The Hall–Kier alpha value is -0.880. The summed E-state index contributed by atoms with van der Waals surface area (Å²) in [6.07, 6.45) is 1.80. The van der Waals surface area contributed by atoms with Crippen LogP contribution in [0.25, 0.3) is 0 Å². The number of aliphatic hydroxyl groups excluding tert-OH is 2. The Labute approximate surface area is 106 Å². The Morgan fingerprint density at radius 2 is 1.82 bits per heavy atom. The van der Waals surface area contributed by atoms with Gasteiger partial charge in [0.1, 0.15) is 5.75 Å². The van der Waals surface area contributed by atoms with Crippen LogP contribution in [-0.4, -0.2) is 28.3 Å². The van der Waals surface area contributed by atoms with Crippen LogP contribution < -0.4 is 9.57 Å². The third-order valence-corrected chi connectivity index (χ3v) is 2.35. The molecule has 0 bridgehead atoms. The fourth-order valence-electron chi connectivity index (χ4n) is 1.35. The van der Waals surface area contributed by atoms with Crippen molar-refractivity contribution in [3.63, 3.8) is 0 Å². The van der Waals surface area contributed by atoms with E-state index in [0.29, 0.717) is 23.7 Å². The number of rotatable bonds is 8. The van der Waals surface area contributed by atoms with Crippen molar-refractivity contribution < 1.29 is 14.9 Å². The summed E-state index contributed by atoms with van der Waals surface area (Å²) in [5, 5.41) is 18.0. The van der Waals surface area contributed by atoms with Gasteiger partial charge in [-0.25, -0.2) is 4.84 Å². The molecule has 1 aromatic rings. The average Bonchev–Trinajstić information content (AvgIpc) is 2.38. The molecule has 0 aromatic carbocycles. The van der Waals surface area contributed by atoms with Crippen LogP contribution in [0.1, 0.15) is 24.2 Å². The lowest BCUT2D eigenvalue weighted by Gasteiger charge is -2.08. The molecule has 0 aliphatic carbocycles. The van der Waals surface area contributed by atoms with E-state index in [1.165, 1.54) is 0 Å². The summed E-state index contributed by atoms with van der Waals surface area (Å²) in [6.45, 7) is 0.976. The molecule has 0 unspecified atom stereocenters. The summed E-state index contributed by atoms with van der Waals surface area (Å²) >= 11 is 5.32. The lowest BCUT2D eigenvalue weighted by molar-refractivity contribution is 0.260. The van der Waals surface area contributed by atoms with Crippen molar-refractivity contribution in [2.45, 2.75) is 26.1 Å². The first-order valence-electron chi connectivity index (χ1n) is 5.48. The van der Waals surface area contributed by atoms with Crippen LogP contribution in [0, 0.1) is 0 Å². The summed E-state index contributed by atoms with van der Waals surface area (Å²) in [4.78, 5) is 6.56. The molecule has 0 radical (unpaired) electrons. The first kappa shape index (κ1) is 14.2. The Bertz CT molecular complexity index is 314. The lowest BCUT2D eigenvalue weighted by atomic mass is 10.3. The number of aromatic nitrogens is 1. The standard InChI is InChI=1S/C11H17ClN2O3/c12-13-3-1-2-4-17-11-5-9(7-15)14-10(6-11)8-16/h5-6,13,15-16H,1-4,7-8H2. The first-order valence-corrected chi connectivity index (χ1v) is 5.85. The summed E-state index contributed by atoms with van der Waals surface area (Å²) in [6, 6.07) is 3.33. The monoisotopic (exact) mass is 260 g/mol. The smallest absolute Gasteiger partial charge is 0.123 e. The van der Waals surface area contributed by atoms with Crippen LogP contribution in [0.5, 0.6) is 5.75 Å². The summed E-state index contributed by atoms with van der Waals surface area (Å²) < 4.78 is 5.50. The minimum atomic E-state index is -0.166. The quantitative estimate of drug-likeness (QED) is 0.480. The van der Waals surface area contributed by atoms with Gasteiger partial charge < -0.3 is 14.9 Å². The van der Waals surface area contributed by atoms with E-state index in [1.807, 2.05) is 0 Å². The van der Waals surface area contributed by atoms with Crippen molar-refractivity contribution in [1.29, 1.82) is 0 Å². The summed E-state index contributed by atoms with van der Waals surface area (Å²) in [7, 11) is 0. The van der Waals surface area contributed by atoms with Crippen LogP contribution >= 0.6 is 11.8 Å². The largest absolute Gasteiger partial charge is 0.493 e. The van der Waals surface area contributed by atoms with Gasteiger partial charge in [0, 0.05) is 18.7 Å². The fourth-order valence-corrected chi connectivity index (χ4v) is 1.48. The van der Waals surface area contributed by atoms with Crippen LogP contribution in [0.2, 0.25) is 0 Å². The number of pyridine rings is 1. The predicted octanol–water partition coefficient (Wildman–Crippen LogP) is 0.969. The number of nitrogens with one attached hydrogen (secondary N) is 1. The zero-order valence-corrected chi connectivity index (χ0v) is 10.3. The van der Waals surface area contributed by atoms with Gasteiger partial charge in [0.25, 0.3) is 0 Å². The van der Waals surface area contributed by atoms with Crippen LogP contribution in [0.4, 0.5) is 0 Å². The van der Waals surface area contributed by atoms with E-state index >= 15 is 0 Å². The highest BCUT2D eigenvalue weighted by atomic mass is 35.5. The SMILES string of the molecule is OCc1cc(OCCCCNCl)cc(CO)n1. The summed E-state index contributed by atoms with van der Waals surface area (Å²) in [5.41, 5.74) is 0.989. The number of ether oxygens (including phenoxy) is 1. The highest BCUT2D eigenvalue weighted by molar-refractivity contribution is 6.13. The van der Waals surface area contributed by atoms with Crippen molar-refractivity contribution in [3.8, 4) is 5.75 Å². The molecule has 3 N–H and O–H groups in total. The van der Waals surface area contributed by atoms with Gasteiger partial charge in [0.2, 0.25) is 0 Å². The maximum atomic E-state index is 9.00. The second-order valence-electron chi connectivity index (χ2n) is 3.54. The molecule has 0 aliphatic rings. The number of halogens is 1. The minimum Gasteiger partial charge on any atom is -0.493 e. The molecular formula is C11H17ClN2O3. The van der Waals surface area contributed by atoms with Crippen LogP contribution in [0.3, 0.4) is 0 Å². The van der Waals surface area contributed by atoms with Gasteiger partial charge >= 0.3 is 0 Å². The Morgan fingerprint density at radius 3 is 2.35 bits per heavy atom. The summed E-state index contributed by atoms with van der Waals surface area (Å²) in [5.74, 6) is 0.618. The average molecular weight is 261 g/mol. The van der Waals surface area contributed by atoms with E-state index < -0.39 is 0 Å². The molecule has 0 atom stereocenters. The molecule has 1 rings (SSSR count). The molecule has 0 saturated carbocycles. The number of hydrogen-bond donors (Lipinski definition) is 3. The van der Waals surface area contributed by atoms with Gasteiger partial charge in [-0.3, -0.25) is 4.98 Å². The van der Waals surface area contributed by atoms with E-state index in [1.54, 1.807) is 12.1 Å². The zero-order valence-electron chi connectivity index (χ0n) is 9.53. The molecule has 0 spiro atoms. The van der Waals surface area contributed by atoms with Gasteiger partial charge in [-0.05, 0) is 24.6 Å². The molecule has 1 aromatic heterocycles. The predicted molar refractivity (Wildman–Crippen MR) is 64.7 cm³/mol. The maximum absolute atomic E-state index is 9.00. The zero-order chi connectivity index (χ0) is 12.5. The Kier molecular flexibility index (Phi) is 6.88. The minimum absolute atomic E-state index is 0.166. The van der Waals surface area contributed by atoms with Gasteiger partial charge in [-0.15, -0.1) is 0 Å². The van der Waals surface area contributed by atoms with Gasteiger partial charge in [-0.2, -0.15) is 0 Å². The second kappa shape index (κ2) is 8.25. The molecule has 0 fully saturated rings. The topological polar surface area (TPSA) is 74.6 Å².